The number of carbonyl (C=O) groups is 1. The van der Waals surface area contributed by atoms with E-state index in [1.165, 1.54) is 6.07 Å². The van der Waals surface area contributed by atoms with Crippen molar-refractivity contribution in [3.05, 3.63) is 23.9 Å². The second-order valence-electron chi connectivity index (χ2n) is 2.02. The van der Waals surface area contributed by atoms with Crippen LogP contribution in [-0.4, -0.2) is 30.0 Å². The Bertz CT molecular complexity index is 442. The highest BCUT2D eigenvalue weighted by Gasteiger charge is 2.10. The minimum atomic E-state index is -3.02. The van der Waals surface area contributed by atoms with E-state index in [4.69, 9.17) is 13.3 Å². The molecule has 12 heavy (non-hydrogen) atoms. The first-order valence-corrected chi connectivity index (χ1v) is 3.04. The fourth-order valence-electron chi connectivity index (χ4n) is 0.742. The molecule has 0 spiro atoms. The lowest BCUT2D eigenvalue weighted by Gasteiger charge is -2.12. The first-order chi connectivity index (χ1) is 8.05. The van der Waals surface area contributed by atoms with Crippen LogP contribution < -0.4 is 4.90 Å². The van der Waals surface area contributed by atoms with Gasteiger partial charge in [-0.15, -0.1) is 0 Å². The second-order valence-corrected chi connectivity index (χ2v) is 2.02. The van der Waals surface area contributed by atoms with Gasteiger partial charge in [0.15, 0.2) is 0 Å². The van der Waals surface area contributed by atoms with Gasteiger partial charge in [0.05, 0.1) is 0 Å². The fourth-order valence-corrected chi connectivity index (χ4v) is 0.742. The highest BCUT2D eigenvalue weighted by molar-refractivity contribution is 5.93. The van der Waals surface area contributed by atoms with Gasteiger partial charge in [0.2, 0.25) is 0 Å². The zero-order valence-corrected chi connectivity index (χ0v) is 5.98. The summed E-state index contributed by atoms with van der Waals surface area (Å²) in [4.78, 5) is 14.5. The third-order valence-corrected chi connectivity index (χ3v) is 1.23. The predicted octanol–water partition coefficient (Wildman–Crippen LogP) is 0.846. The summed E-state index contributed by atoms with van der Waals surface area (Å²) in [6.07, 6.45) is 1.13. The molecule has 1 N–H and O–H groups in total. The van der Waals surface area contributed by atoms with Crippen molar-refractivity contribution in [2.75, 3.05) is 18.9 Å². The summed E-state index contributed by atoms with van der Waals surface area (Å²) >= 11 is 0. The Kier molecular flexibility index (Phi) is 0.918. The number of anilines is 1. The van der Waals surface area contributed by atoms with E-state index in [-0.39, 0.29) is 4.90 Å². The first-order valence-electron chi connectivity index (χ1n) is 6.04. The Balaban J connectivity index is 3.45. The molecule has 4 nitrogen and oxygen atoms in total. The molecule has 0 bridgehead atoms. The molecule has 0 radical (unpaired) electrons. The molecule has 0 saturated carbocycles. The molecule has 0 aliphatic carbocycles. The lowest BCUT2D eigenvalue weighted by atomic mass is 10.2. The zero-order chi connectivity index (χ0) is 14.1. The van der Waals surface area contributed by atoms with Crippen molar-refractivity contribution in [2.24, 2.45) is 0 Å². The minimum Gasteiger partial charge on any atom is -0.478 e. The SMILES string of the molecule is [2H]C([2H])([2H])N(c1ncccc1C(=O)O)C([2H])([2H])[2H]. The minimum absolute atomic E-state index is 0.0451. The quantitative estimate of drug-likeness (QED) is 0.718. The van der Waals surface area contributed by atoms with Crippen LogP contribution in [-0.2, 0) is 0 Å². The van der Waals surface area contributed by atoms with Crippen molar-refractivity contribution in [1.29, 1.82) is 0 Å². The van der Waals surface area contributed by atoms with E-state index >= 15 is 0 Å². The molecule has 64 valence electrons. The van der Waals surface area contributed by atoms with E-state index in [9.17, 15) is 4.79 Å². The van der Waals surface area contributed by atoms with E-state index in [0.717, 1.165) is 12.3 Å². The van der Waals surface area contributed by atoms with Crippen molar-refractivity contribution in [3.8, 4) is 0 Å². The molecular formula is C8H10N2O2. The second kappa shape index (κ2) is 3.21. The summed E-state index contributed by atoms with van der Waals surface area (Å²) in [5, 5.41) is 8.91. The van der Waals surface area contributed by atoms with Crippen molar-refractivity contribution in [1.82, 2.24) is 4.98 Å². The van der Waals surface area contributed by atoms with Gasteiger partial charge in [0, 0.05) is 28.4 Å². The maximum atomic E-state index is 10.9. The van der Waals surface area contributed by atoms with Crippen LogP contribution in [0.2, 0.25) is 0 Å². The summed E-state index contributed by atoms with van der Waals surface area (Å²) < 4.78 is 43.1. The van der Waals surface area contributed by atoms with Gasteiger partial charge in [-0.2, -0.15) is 0 Å². The molecule has 0 aromatic carbocycles. The van der Waals surface area contributed by atoms with Gasteiger partial charge in [-0.25, -0.2) is 9.78 Å². The summed E-state index contributed by atoms with van der Waals surface area (Å²) in [5.41, 5.74) is -0.482. The maximum absolute atomic E-state index is 10.9. The maximum Gasteiger partial charge on any atom is 0.339 e. The molecule has 1 aromatic heterocycles. The topological polar surface area (TPSA) is 53.4 Å². The molecule has 0 fully saturated rings. The van der Waals surface area contributed by atoms with Gasteiger partial charge in [-0.3, -0.25) is 0 Å². The van der Waals surface area contributed by atoms with Gasteiger partial charge in [-0.1, -0.05) is 0 Å². The number of carboxylic acids is 1. The van der Waals surface area contributed by atoms with Crippen molar-refractivity contribution >= 4 is 11.8 Å². The standard InChI is InChI=1S/C8H10N2O2/c1-10(2)7-6(8(11)12)4-3-5-9-7/h3-5H,1-2H3,(H,11,12)/i1D3,2D3. The zero-order valence-electron chi connectivity index (χ0n) is 12.0. The number of aromatic nitrogens is 1. The highest BCUT2D eigenvalue weighted by Crippen LogP contribution is 2.13. The van der Waals surface area contributed by atoms with E-state index in [2.05, 4.69) is 4.98 Å². The van der Waals surface area contributed by atoms with Gasteiger partial charge >= 0.3 is 5.97 Å². The van der Waals surface area contributed by atoms with Crippen LogP contribution in [0.5, 0.6) is 0 Å². The number of rotatable bonds is 2. The Morgan fingerprint density at radius 1 is 1.75 bits per heavy atom. The smallest absolute Gasteiger partial charge is 0.339 e. The molecule has 0 atom stereocenters. The fraction of sp³-hybridized carbons (Fsp3) is 0.250. The van der Waals surface area contributed by atoms with E-state index in [1.54, 1.807) is 0 Å². The molecule has 0 saturated heterocycles. The van der Waals surface area contributed by atoms with Gasteiger partial charge in [0.25, 0.3) is 0 Å². The third kappa shape index (κ3) is 1.53. The average molecular weight is 172 g/mol. The summed E-state index contributed by atoms with van der Waals surface area (Å²) in [7, 11) is 0. The monoisotopic (exact) mass is 172 g/mol. The van der Waals surface area contributed by atoms with Crippen LogP contribution in [0.3, 0.4) is 0 Å². The average Bonchev–Trinajstić information content (AvgIpc) is 2.13. The Labute approximate surface area is 78.9 Å². The molecule has 0 amide bonds. The number of nitrogens with zero attached hydrogens (tertiary/aromatic N) is 2. The van der Waals surface area contributed by atoms with Gasteiger partial charge in [0.1, 0.15) is 11.4 Å². The number of pyridine rings is 1. The van der Waals surface area contributed by atoms with Gasteiger partial charge < -0.3 is 10.0 Å². The highest BCUT2D eigenvalue weighted by atomic mass is 16.4. The first kappa shape index (κ1) is 3.43. The van der Waals surface area contributed by atoms with Crippen molar-refractivity contribution in [3.63, 3.8) is 0 Å². The summed E-state index contributed by atoms with van der Waals surface area (Å²) in [5.74, 6) is -2.05. The van der Waals surface area contributed by atoms with Crippen LogP contribution in [0.25, 0.3) is 0 Å². The molecule has 1 heterocycles. The number of aromatic carboxylic acids is 1. The molecule has 0 aliphatic heterocycles. The summed E-state index contributed by atoms with van der Waals surface area (Å²) in [6, 6.07) is 2.37. The number of hydrogen-bond donors (Lipinski definition) is 1. The molecule has 4 heteroatoms. The molecule has 1 rings (SSSR count). The predicted molar refractivity (Wildman–Crippen MR) is 45.5 cm³/mol. The van der Waals surface area contributed by atoms with Crippen LogP contribution in [0, 0.1) is 0 Å². The van der Waals surface area contributed by atoms with Crippen LogP contribution in [0.4, 0.5) is 5.82 Å². The van der Waals surface area contributed by atoms with E-state index in [1.807, 2.05) is 0 Å². The molecule has 0 aliphatic rings. The molecule has 0 unspecified atom stereocenters. The third-order valence-electron chi connectivity index (χ3n) is 1.23. The summed E-state index contributed by atoms with van der Waals surface area (Å²) in [6.45, 7) is -6.05. The lowest BCUT2D eigenvalue weighted by molar-refractivity contribution is 0.0697. The number of hydrogen-bond acceptors (Lipinski definition) is 3. The number of carboxylic acid groups (broad SMARTS) is 1. The van der Waals surface area contributed by atoms with Crippen LogP contribution >= 0.6 is 0 Å². The van der Waals surface area contributed by atoms with Crippen molar-refractivity contribution < 1.29 is 18.1 Å². The van der Waals surface area contributed by atoms with E-state index < -0.39 is 31.3 Å². The molecule has 1 aromatic rings. The van der Waals surface area contributed by atoms with Gasteiger partial charge in [-0.05, 0) is 12.1 Å². The van der Waals surface area contributed by atoms with Crippen LogP contribution in [0.15, 0.2) is 18.3 Å². The Hall–Kier alpha value is -1.58. The Morgan fingerprint density at radius 2 is 2.50 bits per heavy atom. The normalized spacial score (nSPS) is 19.0. The Morgan fingerprint density at radius 3 is 3.08 bits per heavy atom. The van der Waals surface area contributed by atoms with Crippen LogP contribution in [0.1, 0.15) is 18.6 Å². The van der Waals surface area contributed by atoms with Crippen molar-refractivity contribution in [2.45, 2.75) is 0 Å². The lowest BCUT2D eigenvalue weighted by Crippen LogP contribution is -2.15. The molecular weight excluding hydrogens is 156 g/mol. The van der Waals surface area contributed by atoms with E-state index in [0.29, 0.717) is 0 Å². The largest absolute Gasteiger partial charge is 0.478 e.